The van der Waals surface area contributed by atoms with Crippen LogP contribution in [0.15, 0.2) is 24.3 Å². The number of carbonyl (C=O) groups is 1. The first-order valence-corrected chi connectivity index (χ1v) is 7.84. The summed E-state index contributed by atoms with van der Waals surface area (Å²) in [5.74, 6) is 1.54. The van der Waals surface area contributed by atoms with Crippen LogP contribution in [0.1, 0.15) is 39.0 Å². The highest BCUT2D eigenvalue weighted by Gasteiger charge is 2.25. The molecule has 0 radical (unpaired) electrons. The van der Waals surface area contributed by atoms with Crippen LogP contribution in [0.4, 0.5) is 0 Å². The number of methoxy groups -OCH3 is 1. The average Bonchev–Trinajstić information content (AvgIpc) is 2.81. The van der Waals surface area contributed by atoms with Crippen molar-refractivity contribution in [3.63, 3.8) is 0 Å². The standard InChI is InChI=1S/C17H25NO3/c1-3-16(17(19)18-11-6-4-5-7-12-18)21-15-10-8-9-14(13-15)20-2/h8-10,13,16H,3-7,11-12H2,1-2H3/t16-/m0/s1. The molecule has 116 valence electrons. The van der Waals surface area contributed by atoms with Crippen LogP contribution in [0.5, 0.6) is 11.5 Å². The molecule has 1 aromatic carbocycles. The first kappa shape index (κ1) is 15.7. The molecule has 1 atom stereocenters. The third kappa shape index (κ3) is 4.38. The first-order chi connectivity index (χ1) is 10.2. The molecule has 1 heterocycles. The fraction of sp³-hybridized carbons (Fsp3) is 0.588. The van der Waals surface area contributed by atoms with Gasteiger partial charge in [0, 0.05) is 19.2 Å². The van der Waals surface area contributed by atoms with Gasteiger partial charge in [0.25, 0.3) is 5.91 Å². The Morgan fingerprint density at radius 2 is 1.86 bits per heavy atom. The smallest absolute Gasteiger partial charge is 0.263 e. The number of likely N-dealkylation sites (tertiary alicyclic amines) is 1. The molecule has 1 aromatic rings. The summed E-state index contributed by atoms with van der Waals surface area (Å²) < 4.78 is 11.1. The van der Waals surface area contributed by atoms with Gasteiger partial charge in [-0.3, -0.25) is 4.79 Å². The van der Waals surface area contributed by atoms with Gasteiger partial charge >= 0.3 is 0 Å². The highest BCUT2D eigenvalue weighted by molar-refractivity contribution is 5.81. The average molecular weight is 291 g/mol. The highest BCUT2D eigenvalue weighted by atomic mass is 16.5. The minimum atomic E-state index is -0.407. The van der Waals surface area contributed by atoms with E-state index in [-0.39, 0.29) is 5.91 Å². The van der Waals surface area contributed by atoms with Gasteiger partial charge in [0.2, 0.25) is 0 Å². The maximum absolute atomic E-state index is 12.6. The molecule has 1 aliphatic rings. The summed E-state index contributed by atoms with van der Waals surface area (Å²) in [7, 11) is 1.62. The minimum Gasteiger partial charge on any atom is -0.497 e. The van der Waals surface area contributed by atoms with Crippen molar-refractivity contribution in [3.05, 3.63) is 24.3 Å². The lowest BCUT2D eigenvalue weighted by molar-refractivity contribution is -0.138. The normalized spacial score (nSPS) is 17.0. The first-order valence-electron chi connectivity index (χ1n) is 7.84. The largest absolute Gasteiger partial charge is 0.497 e. The molecule has 4 heteroatoms. The van der Waals surface area contributed by atoms with E-state index in [0.29, 0.717) is 12.2 Å². The van der Waals surface area contributed by atoms with Gasteiger partial charge in [-0.15, -0.1) is 0 Å². The van der Waals surface area contributed by atoms with E-state index < -0.39 is 6.10 Å². The summed E-state index contributed by atoms with van der Waals surface area (Å²) >= 11 is 0. The van der Waals surface area contributed by atoms with E-state index in [2.05, 4.69) is 0 Å². The number of nitrogens with zero attached hydrogens (tertiary/aromatic N) is 1. The zero-order valence-corrected chi connectivity index (χ0v) is 13.0. The molecule has 0 saturated carbocycles. The Balaban J connectivity index is 2.02. The highest BCUT2D eigenvalue weighted by Crippen LogP contribution is 2.22. The van der Waals surface area contributed by atoms with Crippen molar-refractivity contribution in [2.75, 3.05) is 20.2 Å². The third-order valence-corrected chi connectivity index (χ3v) is 3.88. The van der Waals surface area contributed by atoms with E-state index in [1.807, 2.05) is 36.1 Å². The molecule has 0 spiro atoms. The van der Waals surface area contributed by atoms with Gasteiger partial charge in [-0.05, 0) is 31.4 Å². The number of amides is 1. The number of hydrogen-bond acceptors (Lipinski definition) is 3. The second kappa shape index (κ2) is 7.91. The zero-order valence-electron chi connectivity index (χ0n) is 13.0. The summed E-state index contributed by atoms with van der Waals surface area (Å²) in [6, 6.07) is 7.42. The lowest BCUT2D eigenvalue weighted by Crippen LogP contribution is -2.42. The van der Waals surface area contributed by atoms with Gasteiger partial charge in [0.15, 0.2) is 6.10 Å². The van der Waals surface area contributed by atoms with Crippen LogP contribution in [0.3, 0.4) is 0 Å². The van der Waals surface area contributed by atoms with E-state index in [1.165, 1.54) is 12.8 Å². The predicted octanol–water partition coefficient (Wildman–Crippen LogP) is 3.26. The van der Waals surface area contributed by atoms with Crippen LogP contribution in [-0.4, -0.2) is 37.1 Å². The number of ether oxygens (including phenoxy) is 2. The summed E-state index contributed by atoms with van der Waals surface area (Å²) in [5, 5.41) is 0. The Morgan fingerprint density at radius 3 is 2.48 bits per heavy atom. The molecule has 1 amide bonds. The summed E-state index contributed by atoms with van der Waals surface area (Å²) in [6.07, 6.45) is 4.90. The summed E-state index contributed by atoms with van der Waals surface area (Å²) in [5.41, 5.74) is 0. The van der Waals surface area contributed by atoms with Crippen LogP contribution in [0.2, 0.25) is 0 Å². The van der Waals surface area contributed by atoms with Gasteiger partial charge in [-0.25, -0.2) is 0 Å². The van der Waals surface area contributed by atoms with Crippen LogP contribution in [0, 0.1) is 0 Å². The molecule has 0 aromatic heterocycles. The monoisotopic (exact) mass is 291 g/mol. The fourth-order valence-corrected chi connectivity index (χ4v) is 2.64. The van der Waals surface area contributed by atoms with E-state index in [1.54, 1.807) is 7.11 Å². The Labute approximate surface area is 127 Å². The van der Waals surface area contributed by atoms with Crippen molar-refractivity contribution in [1.29, 1.82) is 0 Å². The summed E-state index contributed by atoms with van der Waals surface area (Å²) in [6.45, 7) is 3.70. The molecular formula is C17H25NO3. The minimum absolute atomic E-state index is 0.113. The molecule has 0 aliphatic carbocycles. The molecule has 1 aliphatic heterocycles. The second-order valence-corrected chi connectivity index (χ2v) is 5.43. The Morgan fingerprint density at radius 1 is 1.19 bits per heavy atom. The molecule has 0 N–H and O–H groups in total. The number of carbonyl (C=O) groups excluding carboxylic acids is 1. The second-order valence-electron chi connectivity index (χ2n) is 5.43. The predicted molar refractivity (Wildman–Crippen MR) is 82.7 cm³/mol. The van der Waals surface area contributed by atoms with Crippen LogP contribution in [-0.2, 0) is 4.79 Å². The maximum atomic E-state index is 12.6. The Hall–Kier alpha value is -1.71. The van der Waals surface area contributed by atoms with Gasteiger partial charge in [-0.1, -0.05) is 25.8 Å². The van der Waals surface area contributed by atoms with Crippen molar-refractivity contribution < 1.29 is 14.3 Å². The number of hydrogen-bond donors (Lipinski definition) is 0. The molecule has 0 unspecified atom stereocenters. The molecule has 2 rings (SSSR count). The number of rotatable bonds is 5. The van der Waals surface area contributed by atoms with Crippen LogP contribution in [0.25, 0.3) is 0 Å². The van der Waals surface area contributed by atoms with Crippen molar-refractivity contribution in [3.8, 4) is 11.5 Å². The van der Waals surface area contributed by atoms with Crippen molar-refractivity contribution in [2.45, 2.75) is 45.1 Å². The third-order valence-electron chi connectivity index (χ3n) is 3.88. The van der Waals surface area contributed by atoms with Crippen LogP contribution >= 0.6 is 0 Å². The van der Waals surface area contributed by atoms with E-state index >= 15 is 0 Å². The lowest BCUT2D eigenvalue weighted by Gasteiger charge is -2.26. The van der Waals surface area contributed by atoms with E-state index in [4.69, 9.17) is 9.47 Å². The fourth-order valence-electron chi connectivity index (χ4n) is 2.64. The van der Waals surface area contributed by atoms with Crippen molar-refractivity contribution in [2.24, 2.45) is 0 Å². The van der Waals surface area contributed by atoms with Crippen molar-refractivity contribution in [1.82, 2.24) is 4.90 Å². The quantitative estimate of drug-likeness (QED) is 0.836. The van der Waals surface area contributed by atoms with Crippen LogP contribution < -0.4 is 9.47 Å². The number of benzene rings is 1. The van der Waals surface area contributed by atoms with E-state index in [0.717, 1.165) is 31.7 Å². The van der Waals surface area contributed by atoms with Gasteiger partial charge in [-0.2, -0.15) is 0 Å². The van der Waals surface area contributed by atoms with Gasteiger partial charge < -0.3 is 14.4 Å². The topological polar surface area (TPSA) is 38.8 Å². The molecule has 0 bridgehead atoms. The lowest BCUT2D eigenvalue weighted by atomic mass is 10.2. The molecule has 4 nitrogen and oxygen atoms in total. The van der Waals surface area contributed by atoms with Crippen molar-refractivity contribution >= 4 is 5.91 Å². The zero-order chi connectivity index (χ0) is 15.1. The molecule has 1 fully saturated rings. The van der Waals surface area contributed by atoms with E-state index in [9.17, 15) is 4.79 Å². The molecule has 21 heavy (non-hydrogen) atoms. The van der Waals surface area contributed by atoms with Gasteiger partial charge in [0.05, 0.1) is 7.11 Å². The Kier molecular flexibility index (Phi) is 5.90. The SMILES string of the molecule is CC[C@H](Oc1cccc(OC)c1)C(=O)N1CCCCCC1. The maximum Gasteiger partial charge on any atom is 0.263 e. The van der Waals surface area contributed by atoms with Gasteiger partial charge in [0.1, 0.15) is 11.5 Å². The molecule has 1 saturated heterocycles. The Bertz CT molecular complexity index is 453. The molecular weight excluding hydrogens is 266 g/mol. The summed E-state index contributed by atoms with van der Waals surface area (Å²) in [4.78, 5) is 14.6.